The van der Waals surface area contributed by atoms with E-state index in [2.05, 4.69) is 34.6 Å². The quantitative estimate of drug-likeness (QED) is 0.561. The van der Waals surface area contributed by atoms with Crippen LogP contribution in [0.3, 0.4) is 0 Å². The Balaban J connectivity index is 4.20. The average molecular weight is 176 g/mol. The Morgan fingerprint density at radius 3 is 1.55 bits per heavy atom. The molecule has 0 saturated heterocycles. The molecule has 0 aliphatic carbocycles. The van der Waals surface area contributed by atoms with Crippen molar-refractivity contribution >= 4 is 7.26 Å². The van der Waals surface area contributed by atoms with Gasteiger partial charge in [-0.05, 0) is 0 Å². The monoisotopic (exact) mass is 176 g/mol. The normalized spacial score (nSPS) is 14.0. The summed E-state index contributed by atoms with van der Waals surface area (Å²) in [6.45, 7) is 12.0. The zero-order chi connectivity index (χ0) is 8.91. The van der Waals surface area contributed by atoms with Crippen molar-refractivity contribution in [1.29, 1.82) is 0 Å². The summed E-state index contributed by atoms with van der Waals surface area (Å²) < 4.78 is 0. The summed E-state index contributed by atoms with van der Waals surface area (Å²) in [4.78, 5) is 0. The van der Waals surface area contributed by atoms with Crippen LogP contribution in [0.5, 0.6) is 0 Å². The maximum absolute atomic E-state index is 2.43. The van der Waals surface area contributed by atoms with Gasteiger partial charge < -0.3 is 0 Å². The Hall–Kier alpha value is 0.430. The first kappa shape index (κ1) is 11.4. The second-order valence-corrected chi connectivity index (χ2v) is 9.77. The minimum absolute atomic E-state index is 0.821. The molecule has 0 radical (unpaired) electrons. The summed E-state index contributed by atoms with van der Waals surface area (Å²) in [5.74, 6) is 0. The molecule has 0 rings (SSSR count). The van der Waals surface area contributed by atoms with E-state index in [1.807, 2.05) is 0 Å². The van der Waals surface area contributed by atoms with Gasteiger partial charge in [0.05, 0.1) is 0 Å². The van der Waals surface area contributed by atoms with Crippen molar-refractivity contribution in [3.8, 4) is 0 Å². The summed E-state index contributed by atoms with van der Waals surface area (Å²) >= 11 is 0. The van der Waals surface area contributed by atoms with Gasteiger partial charge in [-0.25, -0.2) is 0 Å². The van der Waals surface area contributed by atoms with Crippen molar-refractivity contribution < 1.29 is 0 Å². The standard InChI is InChI=1S/C10H25P/c1-6-9-11(7-2,8-3)10(4)5/h10-11H,6-9H2,1-5H3. The van der Waals surface area contributed by atoms with Crippen LogP contribution in [-0.4, -0.2) is 24.1 Å². The summed E-state index contributed by atoms with van der Waals surface area (Å²) in [5.41, 5.74) is 0.984. The molecule has 0 aromatic heterocycles. The van der Waals surface area contributed by atoms with Gasteiger partial charge in [0.2, 0.25) is 0 Å². The predicted octanol–water partition coefficient (Wildman–Crippen LogP) is 3.59. The van der Waals surface area contributed by atoms with Crippen LogP contribution in [0, 0.1) is 0 Å². The van der Waals surface area contributed by atoms with Crippen LogP contribution >= 0.6 is 7.26 Å². The molecule has 0 heterocycles. The zero-order valence-corrected chi connectivity index (χ0v) is 9.91. The van der Waals surface area contributed by atoms with Crippen LogP contribution in [0.1, 0.15) is 41.0 Å². The third-order valence-electron chi connectivity index (χ3n) is 3.38. The van der Waals surface area contributed by atoms with E-state index in [4.69, 9.17) is 0 Å². The molecule has 0 aromatic carbocycles. The minimum atomic E-state index is -0.821. The number of hydrogen-bond acceptors (Lipinski definition) is 0. The molecule has 0 N–H and O–H groups in total. The average Bonchev–Trinajstić information content (AvgIpc) is 2.00. The van der Waals surface area contributed by atoms with Crippen molar-refractivity contribution in [2.75, 3.05) is 18.5 Å². The van der Waals surface area contributed by atoms with Gasteiger partial charge in [-0.1, -0.05) is 0 Å². The van der Waals surface area contributed by atoms with Gasteiger partial charge in [-0.2, -0.15) is 0 Å². The fourth-order valence-electron chi connectivity index (χ4n) is 2.21. The van der Waals surface area contributed by atoms with E-state index in [1.54, 1.807) is 0 Å². The van der Waals surface area contributed by atoms with Crippen molar-refractivity contribution in [2.24, 2.45) is 0 Å². The van der Waals surface area contributed by atoms with Gasteiger partial charge >= 0.3 is 72.4 Å². The molecule has 0 atom stereocenters. The van der Waals surface area contributed by atoms with Gasteiger partial charge in [0.15, 0.2) is 0 Å². The Morgan fingerprint density at radius 2 is 1.45 bits per heavy atom. The van der Waals surface area contributed by atoms with Crippen molar-refractivity contribution in [3.63, 3.8) is 0 Å². The van der Waals surface area contributed by atoms with E-state index in [-0.39, 0.29) is 0 Å². The van der Waals surface area contributed by atoms with Crippen LogP contribution < -0.4 is 0 Å². The van der Waals surface area contributed by atoms with E-state index in [9.17, 15) is 0 Å². The van der Waals surface area contributed by atoms with Gasteiger partial charge in [0, 0.05) is 0 Å². The predicted molar refractivity (Wildman–Crippen MR) is 59.7 cm³/mol. The van der Waals surface area contributed by atoms with Crippen LogP contribution in [0.2, 0.25) is 0 Å². The van der Waals surface area contributed by atoms with Crippen molar-refractivity contribution in [3.05, 3.63) is 0 Å². The van der Waals surface area contributed by atoms with E-state index in [0.29, 0.717) is 0 Å². The molecular formula is C10H25P. The molecule has 0 unspecified atom stereocenters. The fourth-order valence-corrected chi connectivity index (χ4v) is 6.62. The molecular weight excluding hydrogens is 151 g/mol. The Morgan fingerprint density at radius 1 is 1.00 bits per heavy atom. The topological polar surface area (TPSA) is 0 Å². The van der Waals surface area contributed by atoms with E-state index in [0.717, 1.165) is 5.66 Å². The second-order valence-electron chi connectivity index (χ2n) is 3.97. The van der Waals surface area contributed by atoms with Gasteiger partial charge in [0.25, 0.3) is 0 Å². The second kappa shape index (κ2) is 5.14. The third kappa shape index (κ3) is 2.75. The molecule has 0 bridgehead atoms. The van der Waals surface area contributed by atoms with Crippen LogP contribution in [0.25, 0.3) is 0 Å². The van der Waals surface area contributed by atoms with E-state index >= 15 is 0 Å². The van der Waals surface area contributed by atoms with Gasteiger partial charge in [-0.15, -0.1) is 0 Å². The van der Waals surface area contributed by atoms with Gasteiger partial charge in [-0.3, -0.25) is 0 Å². The molecule has 0 aliphatic heterocycles. The molecule has 0 aliphatic rings. The van der Waals surface area contributed by atoms with Gasteiger partial charge in [0.1, 0.15) is 0 Å². The summed E-state index contributed by atoms with van der Waals surface area (Å²) in [6.07, 6.45) is 5.90. The first-order valence-corrected chi connectivity index (χ1v) is 7.82. The molecule has 0 nitrogen and oxygen atoms in total. The molecule has 11 heavy (non-hydrogen) atoms. The Labute approximate surface area is 73.1 Å². The van der Waals surface area contributed by atoms with E-state index < -0.39 is 7.26 Å². The van der Waals surface area contributed by atoms with Crippen LogP contribution in [0.15, 0.2) is 0 Å². The Bertz CT molecular complexity index is 93.0. The fraction of sp³-hybridized carbons (Fsp3) is 1.00. The first-order valence-electron chi connectivity index (χ1n) is 5.13. The zero-order valence-electron chi connectivity index (χ0n) is 8.91. The number of hydrogen-bond donors (Lipinski definition) is 0. The molecule has 1 heteroatoms. The molecule has 70 valence electrons. The summed E-state index contributed by atoms with van der Waals surface area (Å²) in [6, 6.07) is 0. The van der Waals surface area contributed by atoms with E-state index in [1.165, 1.54) is 24.9 Å². The molecule has 0 spiro atoms. The summed E-state index contributed by atoms with van der Waals surface area (Å²) in [5, 5.41) is 0. The summed E-state index contributed by atoms with van der Waals surface area (Å²) in [7, 11) is -0.821. The van der Waals surface area contributed by atoms with Crippen LogP contribution in [-0.2, 0) is 0 Å². The van der Waals surface area contributed by atoms with Crippen LogP contribution in [0.4, 0.5) is 0 Å². The molecule has 0 aromatic rings. The SMILES string of the molecule is CCC[PH](CC)(CC)C(C)C. The van der Waals surface area contributed by atoms with Crippen molar-refractivity contribution in [1.82, 2.24) is 0 Å². The third-order valence-corrected chi connectivity index (χ3v) is 10.1. The van der Waals surface area contributed by atoms with Crippen molar-refractivity contribution in [2.45, 2.75) is 46.7 Å². The Kier molecular flexibility index (Phi) is 5.34. The molecule has 0 amide bonds. The molecule has 0 saturated carbocycles. The molecule has 0 fully saturated rings. The maximum atomic E-state index is 2.43. The first-order chi connectivity index (χ1) is 5.13. The number of rotatable bonds is 5.